The molecule has 0 aliphatic carbocycles. The molecule has 1 heteroatoms. The SMILES string of the molecule is N#Cc1cccc(-c2cccc(-c3cccc(-c4ccccc4)c3)c2)c1. The summed E-state index contributed by atoms with van der Waals surface area (Å²) in [5.74, 6) is 0. The van der Waals surface area contributed by atoms with Crippen molar-refractivity contribution >= 4 is 0 Å². The molecule has 0 N–H and O–H groups in total. The summed E-state index contributed by atoms with van der Waals surface area (Å²) < 4.78 is 0. The highest BCUT2D eigenvalue weighted by molar-refractivity contribution is 5.77. The van der Waals surface area contributed by atoms with E-state index in [-0.39, 0.29) is 0 Å². The molecular weight excluding hydrogens is 314 g/mol. The molecule has 0 bridgehead atoms. The molecule has 0 aliphatic rings. The first kappa shape index (κ1) is 15.9. The van der Waals surface area contributed by atoms with Gasteiger partial charge in [0.1, 0.15) is 0 Å². The number of benzene rings is 4. The van der Waals surface area contributed by atoms with Crippen molar-refractivity contribution in [3.63, 3.8) is 0 Å². The Hall–Kier alpha value is -3.63. The van der Waals surface area contributed by atoms with Crippen LogP contribution in [0.15, 0.2) is 103 Å². The number of rotatable bonds is 3. The Labute approximate surface area is 153 Å². The molecule has 0 amide bonds. The van der Waals surface area contributed by atoms with Crippen LogP contribution in [0.5, 0.6) is 0 Å². The zero-order valence-electron chi connectivity index (χ0n) is 14.3. The van der Waals surface area contributed by atoms with Crippen LogP contribution in [0, 0.1) is 11.3 Å². The van der Waals surface area contributed by atoms with Gasteiger partial charge in [0.05, 0.1) is 11.6 Å². The number of nitrogens with zero attached hydrogens (tertiary/aromatic N) is 1. The second-order valence-electron chi connectivity index (χ2n) is 6.22. The third kappa shape index (κ3) is 3.27. The van der Waals surface area contributed by atoms with Crippen LogP contribution in [0.3, 0.4) is 0 Å². The van der Waals surface area contributed by atoms with Crippen LogP contribution >= 0.6 is 0 Å². The van der Waals surface area contributed by atoms with Crippen molar-refractivity contribution in [2.45, 2.75) is 0 Å². The van der Waals surface area contributed by atoms with Gasteiger partial charge in [0.2, 0.25) is 0 Å². The third-order valence-electron chi connectivity index (χ3n) is 4.49. The largest absolute Gasteiger partial charge is 0.192 e. The summed E-state index contributed by atoms with van der Waals surface area (Å²) in [6.45, 7) is 0. The Morgan fingerprint density at radius 1 is 0.423 bits per heavy atom. The maximum Gasteiger partial charge on any atom is 0.0991 e. The lowest BCUT2D eigenvalue weighted by molar-refractivity contribution is 1.48. The Morgan fingerprint density at radius 2 is 0.846 bits per heavy atom. The van der Waals surface area contributed by atoms with Crippen LogP contribution < -0.4 is 0 Å². The van der Waals surface area contributed by atoms with Crippen molar-refractivity contribution in [1.82, 2.24) is 0 Å². The average Bonchev–Trinajstić information content (AvgIpc) is 2.74. The molecule has 0 fully saturated rings. The van der Waals surface area contributed by atoms with E-state index in [2.05, 4.69) is 78.9 Å². The zero-order chi connectivity index (χ0) is 17.8. The molecule has 1 nitrogen and oxygen atoms in total. The summed E-state index contributed by atoms with van der Waals surface area (Å²) >= 11 is 0. The summed E-state index contributed by atoms with van der Waals surface area (Å²) in [6.07, 6.45) is 0. The second kappa shape index (κ2) is 7.09. The molecule has 4 aromatic rings. The van der Waals surface area contributed by atoms with Gasteiger partial charge in [-0.25, -0.2) is 0 Å². The van der Waals surface area contributed by atoms with E-state index < -0.39 is 0 Å². The Bertz CT molecular complexity index is 1090. The Balaban J connectivity index is 1.74. The van der Waals surface area contributed by atoms with Crippen LogP contribution in [0.25, 0.3) is 33.4 Å². The van der Waals surface area contributed by atoms with Crippen molar-refractivity contribution in [2.24, 2.45) is 0 Å². The quantitative estimate of drug-likeness (QED) is 0.417. The van der Waals surface area contributed by atoms with Crippen molar-refractivity contribution in [3.05, 3.63) is 109 Å². The minimum atomic E-state index is 0.680. The van der Waals surface area contributed by atoms with E-state index in [1.165, 1.54) is 22.3 Å². The maximum absolute atomic E-state index is 9.13. The molecule has 0 radical (unpaired) electrons. The molecule has 122 valence electrons. The summed E-state index contributed by atoms with van der Waals surface area (Å²) in [4.78, 5) is 0. The summed E-state index contributed by atoms with van der Waals surface area (Å²) in [5.41, 5.74) is 7.63. The predicted molar refractivity (Wildman–Crippen MR) is 107 cm³/mol. The first-order valence-corrected chi connectivity index (χ1v) is 8.60. The molecule has 0 aromatic heterocycles. The van der Waals surface area contributed by atoms with Crippen LogP contribution in [-0.2, 0) is 0 Å². The molecule has 0 spiro atoms. The van der Waals surface area contributed by atoms with Gasteiger partial charge in [-0.05, 0) is 57.6 Å². The van der Waals surface area contributed by atoms with Gasteiger partial charge in [0.25, 0.3) is 0 Å². The van der Waals surface area contributed by atoms with Crippen LogP contribution in [-0.4, -0.2) is 0 Å². The zero-order valence-corrected chi connectivity index (χ0v) is 14.3. The lowest BCUT2D eigenvalue weighted by Gasteiger charge is -2.09. The van der Waals surface area contributed by atoms with Gasteiger partial charge in [-0.15, -0.1) is 0 Å². The van der Waals surface area contributed by atoms with E-state index >= 15 is 0 Å². The number of hydrogen-bond acceptors (Lipinski definition) is 1. The van der Waals surface area contributed by atoms with Crippen molar-refractivity contribution in [2.75, 3.05) is 0 Å². The highest BCUT2D eigenvalue weighted by atomic mass is 14.2. The molecule has 0 aliphatic heterocycles. The van der Waals surface area contributed by atoms with Crippen molar-refractivity contribution in [1.29, 1.82) is 5.26 Å². The van der Waals surface area contributed by atoms with E-state index in [4.69, 9.17) is 5.26 Å². The van der Waals surface area contributed by atoms with Crippen LogP contribution in [0.2, 0.25) is 0 Å². The average molecular weight is 331 g/mol. The minimum absolute atomic E-state index is 0.680. The normalized spacial score (nSPS) is 10.3. The molecule has 26 heavy (non-hydrogen) atoms. The third-order valence-corrected chi connectivity index (χ3v) is 4.49. The molecule has 0 saturated carbocycles. The van der Waals surface area contributed by atoms with Gasteiger partial charge < -0.3 is 0 Å². The summed E-state index contributed by atoms with van der Waals surface area (Å²) in [5, 5.41) is 9.13. The molecule has 4 rings (SSSR count). The second-order valence-corrected chi connectivity index (χ2v) is 6.22. The fraction of sp³-hybridized carbons (Fsp3) is 0. The van der Waals surface area contributed by atoms with E-state index in [0.717, 1.165) is 11.1 Å². The van der Waals surface area contributed by atoms with Crippen molar-refractivity contribution in [3.8, 4) is 39.4 Å². The van der Waals surface area contributed by atoms with Gasteiger partial charge in [-0.3, -0.25) is 0 Å². The van der Waals surface area contributed by atoms with Gasteiger partial charge in [-0.1, -0.05) is 78.9 Å². The molecular formula is C25H17N. The monoisotopic (exact) mass is 331 g/mol. The van der Waals surface area contributed by atoms with Gasteiger partial charge in [-0.2, -0.15) is 5.26 Å². The smallest absolute Gasteiger partial charge is 0.0991 e. The minimum Gasteiger partial charge on any atom is -0.192 e. The van der Waals surface area contributed by atoms with E-state index in [0.29, 0.717) is 5.56 Å². The number of nitriles is 1. The first-order valence-electron chi connectivity index (χ1n) is 8.60. The molecule has 4 aromatic carbocycles. The van der Waals surface area contributed by atoms with Gasteiger partial charge in [0, 0.05) is 0 Å². The lowest BCUT2D eigenvalue weighted by atomic mass is 9.96. The van der Waals surface area contributed by atoms with Crippen LogP contribution in [0.1, 0.15) is 5.56 Å². The first-order chi connectivity index (χ1) is 12.8. The van der Waals surface area contributed by atoms with E-state index in [1.807, 2.05) is 30.3 Å². The lowest BCUT2D eigenvalue weighted by Crippen LogP contribution is -1.84. The van der Waals surface area contributed by atoms with Gasteiger partial charge in [0.15, 0.2) is 0 Å². The predicted octanol–water partition coefficient (Wildman–Crippen LogP) is 6.56. The highest BCUT2D eigenvalue weighted by Crippen LogP contribution is 2.29. The summed E-state index contributed by atoms with van der Waals surface area (Å²) in [6, 6.07) is 37.4. The topological polar surface area (TPSA) is 23.8 Å². The molecule has 0 heterocycles. The number of hydrogen-bond donors (Lipinski definition) is 0. The van der Waals surface area contributed by atoms with E-state index in [1.54, 1.807) is 0 Å². The molecule has 0 saturated heterocycles. The molecule has 0 unspecified atom stereocenters. The van der Waals surface area contributed by atoms with E-state index in [9.17, 15) is 0 Å². The van der Waals surface area contributed by atoms with Crippen molar-refractivity contribution < 1.29 is 0 Å². The maximum atomic E-state index is 9.13. The van der Waals surface area contributed by atoms with Crippen LogP contribution in [0.4, 0.5) is 0 Å². The fourth-order valence-electron chi connectivity index (χ4n) is 3.16. The van der Waals surface area contributed by atoms with Gasteiger partial charge >= 0.3 is 0 Å². The summed E-state index contributed by atoms with van der Waals surface area (Å²) in [7, 11) is 0. The molecule has 0 atom stereocenters. The Morgan fingerprint density at radius 3 is 1.38 bits per heavy atom. The fourth-order valence-corrected chi connectivity index (χ4v) is 3.16. The Kier molecular flexibility index (Phi) is 4.33. The standard InChI is InChI=1S/C25H17N/c26-18-19-7-4-10-21(15-19)23-12-6-14-25(17-23)24-13-5-11-22(16-24)20-8-2-1-3-9-20/h1-17H. The highest BCUT2D eigenvalue weighted by Gasteiger charge is 2.04.